The van der Waals surface area contributed by atoms with Crippen molar-refractivity contribution in [2.45, 2.75) is 19.4 Å². The fourth-order valence-corrected chi connectivity index (χ4v) is 1.03. The van der Waals surface area contributed by atoms with Crippen LogP contribution in [-0.4, -0.2) is 11.9 Å². The van der Waals surface area contributed by atoms with Crippen molar-refractivity contribution in [1.29, 1.82) is 0 Å². The third-order valence-electron chi connectivity index (χ3n) is 2.07. The summed E-state index contributed by atoms with van der Waals surface area (Å²) in [5.74, 6) is -5.01. The molecule has 0 bridgehead atoms. The fraction of sp³-hybridized carbons (Fsp3) is 0.300. The molecule has 0 saturated heterocycles. The Labute approximate surface area is 90.4 Å². The quantitative estimate of drug-likeness (QED) is 0.780. The molecule has 16 heavy (non-hydrogen) atoms. The minimum absolute atomic E-state index is 0.358. The number of hydrogen-bond donors (Lipinski definition) is 2. The molecular weight excluding hydrogens is 221 g/mol. The van der Waals surface area contributed by atoms with E-state index in [1.165, 1.54) is 0 Å². The van der Waals surface area contributed by atoms with E-state index < -0.39 is 35.1 Å². The van der Waals surface area contributed by atoms with Gasteiger partial charge in [-0.2, -0.15) is 0 Å². The highest BCUT2D eigenvalue weighted by Crippen LogP contribution is 2.19. The second kappa shape index (κ2) is 4.98. The minimum Gasteiger partial charge on any atom is -0.322 e. The molecule has 0 aromatic heterocycles. The lowest BCUT2D eigenvalue weighted by Gasteiger charge is -2.10. The lowest BCUT2D eigenvalue weighted by molar-refractivity contribution is -0.117. The molecule has 0 radical (unpaired) electrons. The third-order valence-corrected chi connectivity index (χ3v) is 2.07. The highest BCUT2D eigenvalue weighted by Gasteiger charge is 2.17. The third kappa shape index (κ3) is 2.52. The van der Waals surface area contributed by atoms with Crippen LogP contribution in [-0.2, 0) is 4.79 Å². The molecule has 1 aromatic rings. The van der Waals surface area contributed by atoms with Crippen LogP contribution in [0.2, 0.25) is 0 Å². The van der Waals surface area contributed by atoms with Crippen LogP contribution < -0.4 is 11.1 Å². The van der Waals surface area contributed by atoms with E-state index in [0.717, 1.165) is 12.1 Å². The van der Waals surface area contributed by atoms with Crippen LogP contribution in [0.5, 0.6) is 0 Å². The van der Waals surface area contributed by atoms with Gasteiger partial charge in [-0.1, -0.05) is 6.92 Å². The van der Waals surface area contributed by atoms with Crippen molar-refractivity contribution < 1.29 is 18.0 Å². The van der Waals surface area contributed by atoms with Crippen LogP contribution in [0.1, 0.15) is 13.3 Å². The van der Waals surface area contributed by atoms with Gasteiger partial charge in [0.2, 0.25) is 5.91 Å². The molecule has 1 atom stereocenters. The first-order valence-electron chi connectivity index (χ1n) is 4.67. The molecule has 0 saturated carbocycles. The van der Waals surface area contributed by atoms with Gasteiger partial charge in [0.05, 0.1) is 11.7 Å². The van der Waals surface area contributed by atoms with Crippen molar-refractivity contribution in [3.8, 4) is 0 Å². The predicted molar refractivity (Wildman–Crippen MR) is 53.2 cm³/mol. The van der Waals surface area contributed by atoms with E-state index in [1.54, 1.807) is 6.92 Å². The highest BCUT2D eigenvalue weighted by molar-refractivity contribution is 5.94. The van der Waals surface area contributed by atoms with Crippen molar-refractivity contribution in [2.75, 3.05) is 5.32 Å². The molecule has 6 heteroatoms. The van der Waals surface area contributed by atoms with Gasteiger partial charge in [0.1, 0.15) is 0 Å². The molecule has 0 unspecified atom stereocenters. The van der Waals surface area contributed by atoms with Crippen LogP contribution in [0.25, 0.3) is 0 Å². The van der Waals surface area contributed by atoms with E-state index in [-0.39, 0.29) is 0 Å². The molecule has 0 heterocycles. The molecule has 0 aliphatic heterocycles. The standard InChI is InChI=1S/C10H11F3N2O/c1-2-6(14)10(16)15-7-4-3-5(11)8(12)9(7)13/h3-4,6H,2,14H2,1H3,(H,15,16)/t6-/m1/s1. The Morgan fingerprint density at radius 2 is 2.00 bits per heavy atom. The summed E-state index contributed by atoms with van der Waals surface area (Å²) in [4.78, 5) is 11.3. The summed E-state index contributed by atoms with van der Waals surface area (Å²) in [5.41, 5.74) is 4.96. The first kappa shape index (κ1) is 12.5. The van der Waals surface area contributed by atoms with Crippen molar-refractivity contribution in [1.82, 2.24) is 0 Å². The van der Waals surface area contributed by atoms with Gasteiger partial charge in [-0.15, -0.1) is 0 Å². The average molecular weight is 232 g/mol. The highest BCUT2D eigenvalue weighted by atomic mass is 19.2. The van der Waals surface area contributed by atoms with E-state index in [1.807, 2.05) is 0 Å². The van der Waals surface area contributed by atoms with Gasteiger partial charge in [-0.25, -0.2) is 13.2 Å². The van der Waals surface area contributed by atoms with Crippen LogP contribution in [0, 0.1) is 17.5 Å². The Morgan fingerprint density at radius 1 is 1.38 bits per heavy atom. The maximum absolute atomic E-state index is 13.1. The first-order valence-corrected chi connectivity index (χ1v) is 4.67. The molecular formula is C10H11F3N2O. The van der Waals surface area contributed by atoms with E-state index in [0.29, 0.717) is 6.42 Å². The second-order valence-electron chi connectivity index (χ2n) is 3.23. The van der Waals surface area contributed by atoms with Gasteiger partial charge in [0.25, 0.3) is 0 Å². The van der Waals surface area contributed by atoms with Gasteiger partial charge in [0, 0.05) is 0 Å². The zero-order valence-corrected chi connectivity index (χ0v) is 8.56. The Bertz CT molecular complexity index is 409. The van der Waals surface area contributed by atoms with Crippen LogP contribution in [0.15, 0.2) is 12.1 Å². The van der Waals surface area contributed by atoms with Gasteiger partial charge in [0.15, 0.2) is 17.5 Å². The van der Waals surface area contributed by atoms with E-state index in [9.17, 15) is 18.0 Å². The first-order chi connectivity index (χ1) is 7.47. The fourth-order valence-electron chi connectivity index (χ4n) is 1.03. The SMILES string of the molecule is CC[C@@H](N)C(=O)Nc1ccc(F)c(F)c1F. The summed E-state index contributed by atoms with van der Waals surface area (Å²) < 4.78 is 38.5. The molecule has 0 aliphatic carbocycles. The topological polar surface area (TPSA) is 55.1 Å². The Kier molecular flexibility index (Phi) is 3.89. The maximum atomic E-state index is 13.1. The molecule has 0 fully saturated rings. The zero-order chi connectivity index (χ0) is 12.3. The monoisotopic (exact) mass is 232 g/mol. The largest absolute Gasteiger partial charge is 0.322 e. The number of hydrogen-bond acceptors (Lipinski definition) is 2. The maximum Gasteiger partial charge on any atom is 0.241 e. The van der Waals surface area contributed by atoms with E-state index in [4.69, 9.17) is 5.73 Å². The van der Waals surface area contributed by atoms with Crippen molar-refractivity contribution in [3.05, 3.63) is 29.6 Å². The molecule has 0 aliphatic rings. The molecule has 3 nitrogen and oxygen atoms in total. The number of benzene rings is 1. The average Bonchev–Trinajstić information content (AvgIpc) is 2.28. The van der Waals surface area contributed by atoms with Crippen molar-refractivity contribution in [3.63, 3.8) is 0 Å². The summed E-state index contributed by atoms with van der Waals surface area (Å²) in [5, 5.41) is 2.08. The van der Waals surface area contributed by atoms with Gasteiger partial charge < -0.3 is 11.1 Å². The molecule has 88 valence electrons. The summed E-state index contributed by atoms with van der Waals surface area (Å²) in [6.07, 6.45) is 0.358. The van der Waals surface area contributed by atoms with Gasteiger partial charge in [-0.05, 0) is 18.6 Å². The number of nitrogens with one attached hydrogen (secondary N) is 1. The number of anilines is 1. The minimum atomic E-state index is -1.62. The van der Waals surface area contributed by atoms with Crippen LogP contribution in [0.3, 0.4) is 0 Å². The number of carbonyl (C=O) groups excluding carboxylic acids is 1. The Balaban J connectivity index is 2.91. The van der Waals surface area contributed by atoms with Crippen molar-refractivity contribution in [2.24, 2.45) is 5.73 Å². The number of amides is 1. The Hall–Kier alpha value is -1.56. The summed E-state index contributed by atoms with van der Waals surface area (Å²) >= 11 is 0. The lowest BCUT2D eigenvalue weighted by atomic mass is 10.2. The molecule has 1 amide bonds. The summed E-state index contributed by atoms with van der Waals surface area (Å²) in [6, 6.07) is 0.854. The van der Waals surface area contributed by atoms with Crippen molar-refractivity contribution >= 4 is 11.6 Å². The zero-order valence-electron chi connectivity index (χ0n) is 8.56. The van der Waals surface area contributed by atoms with Crippen LogP contribution in [0.4, 0.5) is 18.9 Å². The number of carbonyl (C=O) groups is 1. The number of rotatable bonds is 3. The molecule has 0 spiro atoms. The predicted octanol–water partition coefficient (Wildman–Crippen LogP) is 1.78. The second-order valence-corrected chi connectivity index (χ2v) is 3.23. The summed E-state index contributed by atoms with van der Waals surface area (Å²) in [6.45, 7) is 1.67. The Morgan fingerprint density at radius 3 is 2.56 bits per heavy atom. The van der Waals surface area contributed by atoms with Gasteiger partial charge >= 0.3 is 0 Å². The van der Waals surface area contributed by atoms with Crippen LogP contribution >= 0.6 is 0 Å². The summed E-state index contributed by atoms with van der Waals surface area (Å²) in [7, 11) is 0. The molecule has 1 rings (SSSR count). The molecule has 1 aromatic carbocycles. The molecule has 3 N–H and O–H groups in total. The smallest absolute Gasteiger partial charge is 0.241 e. The van der Waals surface area contributed by atoms with E-state index >= 15 is 0 Å². The normalized spacial score (nSPS) is 12.3. The lowest BCUT2D eigenvalue weighted by Crippen LogP contribution is -2.35. The van der Waals surface area contributed by atoms with E-state index in [2.05, 4.69) is 5.32 Å². The van der Waals surface area contributed by atoms with Gasteiger partial charge in [-0.3, -0.25) is 4.79 Å². The number of nitrogens with two attached hydrogens (primary N) is 1. The number of halogens is 3.